The Morgan fingerprint density at radius 2 is 1.97 bits per heavy atom. The summed E-state index contributed by atoms with van der Waals surface area (Å²) < 4.78 is 26.2. The summed E-state index contributed by atoms with van der Waals surface area (Å²) in [4.78, 5) is 9.06. The molecule has 0 aliphatic carbocycles. The molecule has 1 atom stereocenters. The minimum Gasteiger partial charge on any atom is -0.496 e. The fraction of sp³-hybridized carbons (Fsp3) is 0.304. The molecule has 1 aliphatic rings. The van der Waals surface area contributed by atoms with Crippen LogP contribution in [0.2, 0.25) is 0 Å². The third-order valence-corrected chi connectivity index (χ3v) is 5.61. The lowest BCUT2D eigenvalue weighted by molar-refractivity contribution is 0.404. The molecule has 9 heteroatoms. The summed E-state index contributed by atoms with van der Waals surface area (Å²) in [5, 5.41) is 11.8. The van der Waals surface area contributed by atoms with Crippen molar-refractivity contribution in [1.82, 2.24) is 24.9 Å². The van der Waals surface area contributed by atoms with E-state index >= 15 is 0 Å². The van der Waals surface area contributed by atoms with E-state index in [2.05, 4.69) is 20.6 Å². The molecular formula is C23H23FN6O2. The molecule has 2 aromatic carbocycles. The zero-order chi connectivity index (χ0) is 22.1. The average Bonchev–Trinajstić information content (AvgIpc) is 3.35. The van der Waals surface area contributed by atoms with Gasteiger partial charge in [0.15, 0.2) is 5.82 Å². The molecule has 0 saturated heterocycles. The lowest BCUT2D eigenvalue weighted by atomic mass is 9.93. The fourth-order valence-corrected chi connectivity index (χ4v) is 4.06. The van der Waals surface area contributed by atoms with Crippen molar-refractivity contribution in [2.45, 2.75) is 38.6 Å². The molecule has 1 unspecified atom stereocenters. The van der Waals surface area contributed by atoms with E-state index in [9.17, 15) is 4.39 Å². The molecule has 1 aliphatic heterocycles. The number of rotatable bonds is 5. The molecular weight excluding hydrogens is 411 g/mol. The summed E-state index contributed by atoms with van der Waals surface area (Å²) in [5.74, 6) is 2.81. The number of aryl methyl sites for hydroxylation is 2. The third kappa shape index (κ3) is 3.93. The smallest absolute Gasteiger partial charge is 0.261 e. The number of hydrogen-bond donors (Lipinski definition) is 1. The van der Waals surface area contributed by atoms with Crippen LogP contribution in [0.4, 0.5) is 16.0 Å². The standard InChI is InChI=1S/C23H23FN6O2/c1-14-25-22(32-29-14)19-11-10-17(13-20(19)31-2)26-23-27-21-18(5-3-4-12-30(21)28-23)15-6-8-16(24)9-7-15/h6-11,13,18H,3-5,12H2,1-2H3,(H,26,28). The number of nitrogens with zero attached hydrogens (tertiary/aromatic N) is 5. The van der Waals surface area contributed by atoms with Gasteiger partial charge >= 0.3 is 0 Å². The first-order chi connectivity index (χ1) is 15.6. The first kappa shape index (κ1) is 20.2. The highest BCUT2D eigenvalue weighted by atomic mass is 19.1. The summed E-state index contributed by atoms with van der Waals surface area (Å²) in [6, 6.07) is 12.3. The van der Waals surface area contributed by atoms with Crippen molar-refractivity contribution < 1.29 is 13.7 Å². The predicted molar refractivity (Wildman–Crippen MR) is 116 cm³/mol. The van der Waals surface area contributed by atoms with Gasteiger partial charge in [-0.1, -0.05) is 23.7 Å². The Hall–Kier alpha value is -3.75. The van der Waals surface area contributed by atoms with E-state index in [4.69, 9.17) is 14.2 Å². The second-order valence-electron chi connectivity index (χ2n) is 7.80. The van der Waals surface area contributed by atoms with E-state index in [1.54, 1.807) is 14.0 Å². The number of aromatic nitrogens is 5. The first-order valence-corrected chi connectivity index (χ1v) is 10.6. The van der Waals surface area contributed by atoms with Gasteiger partial charge in [-0.25, -0.2) is 9.07 Å². The van der Waals surface area contributed by atoms with Crippen LogP contribution in [0.5, 0.6) is 5.75 Å². The minimum absolute atomic E-state index is 0.0822. The van der Waals surface area contributed by atoms with Gasteiger partial charge in [0, 0.05) is 24.2 Å². The van der Waals surface area contributed by atoms with Crippen molar-refractivity contribution >= 4 is 11.6 Å². The van der Waals surface area contributed by atoms with Gasteiger partial charge < -0.3 is 14.6 Å². The van der Waals surface area contributed by atoms with Crippen molar-refractivity contribution in [3.63, 3.8) is 0 Å². The zero-order valence-corrected chi connectivity index (χ0v) is 17.9. The molecule has 0 amide bonds. The maximum Gasteiger partial charge on any atom is 0.261 e. The number of halogens is 1. The van der Waals surface area contributed by atoms with Crippen molar-refractivity contribution in [3.8, 4) is 17.2 Å². The predicted octanol–water partition coefficient (Wildman–Crippen LogP) is 4.84. The van der Waals surface area contributed by atoms with Crippen LogP contribution in [0.1, 0.15) is 42.4 Å². The highest BCUT2D eigenvalue weighted by Gasteiger charge is 2.25. The first-order valence-electron chi connectivity index (χ1n) is 10.6. The van der Waals surface area contributed by atoms with Crippen LogP contribution >= 0.6 is 0 Å². The molecule has 3 heterocycles. The van der Waals surface area contributed by atoms with Crippen LogP contribution in [0.3, 0.4) is 0 Å². The van der Waals surface area contributed by atoms with E-state index < -0.39 is 0 Å². The summed E-state index contributed by atoms with van der Waals surface area (Å²) in [7, 11) is 1.59. The molecule has 2 aromatic heterocycles. The lowest BCUT2D eigenvalue weighted by Crippen LogP contribution is -2.08. The van der Waals surface area contributed by atoms with Crippen molar-refractivity contribution in [2.75, 3.05) is 12.4 Å². The number of nitrogens with one attached hydrogen (secondary N) is 1. The van der Waals surface area contributed by atoms with Gasteiger partial charge in [0.1, 0.15) is 17.4 Å². The number of fused-ring (bicyclic) bond motifs is 1. The monoisotopic (exact) mass is 434 g/mol. The van der Waals surface area contributed by atoms with Crippen LogP contribution in [0.25, 0.3) is 11.5 Å². The zero-order valence-electron chi connectivity index (χ0n) is 17.9. The van der Waals surface area contributed by atoms with Gasteiger partial charge in [-0.2, -0.15) is 9.97 Å². The van der Waals surface area contributed by atoms with Gasteiger partial charge in [-0.3, -0.25) is 0 Å². The van der Waals surface area contributed by atoms with Gasteiger partial charge in [0.05, 0.1) is 12.7 Å². The normalized spacial score (nSPS) is 15.8. The van der Waals surface area contributed by atoms with Crippen molar-refractivity contribution in [1.29, 1.82) is 0 Å². The number of hydrogen-bond acceptors (Lipinski definition) is 7. The maximum absolute atomic E-state index is 13.4. The molecule has 4 aromatic rings. The van der Waals surface area contributed by atoms with Gasteiger partial charge in [0.25, 0.3) is 5.89 Å². The quantitative estimate of drug-likeness (QED) is 0.480. The Balaban J connectivity index is 1.43. The topological polar surface area (TPSA) is 90.9 Å². The van der Waals surface area contributed by atoms with E-state index in [0.29, 0.717) is 29.0 Å². The number of methoxy groups -OCH3 is 1. The van der Waals surface area contributed by atoms with Gasteiger partial charge in [-0.15, -0.1) is 5.10 Å². The van der Waals surface area contributed by atoms with Gasteiger partial charge in [0.2, 0.25) is 5.95 Å². The highest BCUT2D eigenvalue weighted by molar-refractivity contribution is 5.69. The molecule has 5 rings (SSSR count). The second-order valence-corrected chi connectivity index (χ2v) is 7.80. The molecule has 0 fully saturated rings. The average molecular weight is 434 g/mol. The van der Waals surface area contributed by atoms with E-state index in [-0.39, 0.29) is 11.7 Å². The molecule has 0 saturated carbocycles. The van der Waals surface area contributed by atoms with E-state index in [0.717, 1.165) is 42.9 Å². The Morgan fingerprint density at radius 1 is 1.12 bits per heavy atom. The highest BCUT2D eigenvalue weighted by Crippen LogP contribution is 2.34. The van der Waals surface area contributed by atoms with E-state index in [1.807, 2.05) is 35.0 Å². The number of anilines is 2. The maximum atomic E-state index is 13.4. The molecule has 0 radical (unpaired) electrons. The molecule has 0 spiro atoms. The SMILES string of the molecule is COc1cc(Nc2nc3n(n2)CCCCC3c2ccc(F)cc2)ccc1-c1nc(C)no1. The summed E-state index contributed by atoms with van der Waals surface area (Å²) in [6.07, 6.45) is 3.05. The summed E-state index contributed by atoms with van der Waals surface area (Å²) in [6.45, 7) is 2.57. The van der Waals surface area contributed by atoms with E-state index in [1.165, 1.54) is 12.1 Å². The summed E-state index contributed by atoms with van der Waals surface area (Å²) in [5.41, 5.74) is 2.54. The molecule has 8 nitrogen and oxygen atoms in total. The Bertz CT molecular complexity index is 1230. The number of ether oxygens (including phenoxy) is 1. The minimum atomic E-state index is -0.237. The molecule has 1 N–H and O–H groups in total. The lowest BCUT2D eigenvalue weighted by Gasteiger charge is -2.14. The fourth-order valence-electron chi connectivity index (χ4n) is 4.06. The van der Waals surface area contributed by atoms with Crippen LogP contribution in [-0.4, -0.2) is 32.0 Å². The van der Waals surface area contributed by atoms with Crippen LogP contribution in [-0.2, 0) is 6.54 Å². The van der Waals surface area contributed by atoms with Crippen molar-refractivity contribution in [2.24, 2.45) is 0 Å². The van der Waals surface area contributed by atoms with Crippen LogP contribution < -0.4 is 10.1 Å². The van der Waals surface area contributed by atoms with Gasteiger partial charge in [-0.05, 0) is 49.6 Å². The molecule has 164 valence electrons. The van der Waals surface area contributed by atoms with Crippen LogP contribution in [0.15, 0.2) is 47.0 Å². The Kier molecular flexibility index (Phi) is 5.30. The largest absolute Gasteiger partial charge is 0.496 e. The summed E-state index contributed by atoms with van der Waals surface area (Å²) >= 11 is 0. The molecule has 0 bridgehead atoms. The Morgan fingerprint density at radius 3 is 2.72 bits per heavy atom. The Labute approximate surface area is 184 Å². The van der Waals surface area contributed by atoms with Crippen LogP contribution in [0, 0.1) is 12.7 Å². The molecule has 32 heavy (non-hydrogen) atoms. The second kappa shape index (κ2) is 8.41. The van der Waals surface area contributed by atoms with Crippen molar-refractivity contribution in [3.05, 3.63) is 65.5 Å². The number of benzene rings is 2. The third-order valence-electron chi connectivity index (χ3n) is 5.61.